The monoisotopic (exact) mass is 436 g/mol. The number of carbonyl (C=O) groups is 3. The number of aryl methyl sites for hydroxylation is 3. The molecule has 8 nitrogen and oxygen atoms in total. The van der Waals surface area contributed by atoms with Crippen LogP contribution in [0.5, 0.6) is 0 Å². The second kappa shape index (κ2) is 9.72. The summed E-state index contributed by atoms with van der Waals surface area (Å²) in [6.45, 7) is 11.8. The first-order valence-corrected chi connectivity index (χ1v) is 10.5. The molecule has 2 amide bonds. The molecule has 0 N–H and O–H groups in total. The van der Waals surface area contributed by atoms with Gasteiger partial charge in [-0.05, 0) is 39.8 Å². The van der Waals surface area contributed by atoms with Gasteiger partial charge in [0, 0.05) is 31.2 Å². The maximum absolute atomic E-state index is 13.3. The number of amides is 2. The number of piperazine rings is 1. The molecule has 3 rings (SSSR count). The van der Waals surface area contributed by atoms with Gasteiger partial charge in [0.05, 0.1) is 5.69 Å². The quantitative estimate of drug-likeness (QED) is 0.529. The summed E-state index contributed by atoms with van der Waals surface area (Å²) in [6.07, 6.45) is 1.45. The van der Waals surface area contributed by atoms with Gasteiger partial charge in [-0.3, -0.25) is 9.59 Å². The van der Waals surface area contributed by atoms with E-state index >= 15 is 0 Å². The third kappa shape index (κ3) is 4.85. The van der Waals surface area contributed by atoms with Gasteiger partial charge in [-0.25, -0.2) is 14.8 Å². The minimum absolute atomic E-state index is 0.0228. The lowest BCUT2D eigenvalue weighted by molar-refractivity contribution is 0.0406. The van der Waals surface area contributed by atoms with Gasteiger partial charge in [-0.2, -0.15) is 0 Å². The SMILES string of the molecule is C=CCOC(=O)c1c(C)nc(C)nc1C(=O)N1CCN(C(=O)c2ccc(C)cc2)C(C)C1. The summed E-state index contributed by atoms with van der Waals surface area (Å²) in [6, 6.07) is 7.25. The van der Waals surface area contributed by atoms with E-state index in [-0.39, 0.29) is 35.7 Å². The van der Waals surface area contributed by atoms with Crippen molar-refractivity contribution in [1.82, 2.24) is 19.8 Å². The van der Waals surface area contributed by atoms with Crippen LogP contribution in [0.25, 0.3) is 0 Å². The molecule has 168 valence electrons. The normalized spacial score (nSPS) is 15.9. The third-order valence-electron chi connectivity index (χ3n) is 5.41. The van der Waals surface area contributed by atoms with Crippen molar-refractivity contribution in [2.45, 2.75) is 33.7 Å². The topological polar surface area (TPSA) is 92.7 Å². The Bertz CT molecular complexity index is 1050. The fraction of sp³-hybridized carbons (Fsp3) is 0.375. The lowest BCUT2D eigenvalue weighted by Gasteiger charge is -2.40. The van der Waals surface area contributed by atoms with E-state index in [0.29, 0.717) is 36.7 Å². The summed E-state index contributed by atoms with van der Waals surface area (Å²) in [5, 5.41) is 0. The van der Waals surface area contributed by atoms with Crippen LogP contribution in [0.15, 0.2) is 36.9 Å². The summed E-state index contributed by atoms with van der Waals surface area (Å²) < 4.78 is 5.14. The molecule has 1 aromatic carbocycles. The fourth-order valence-corrected chi connectivity index (χ4v) is 3.77. The van der Waals surface area contributed by atoms with Gasteiger partial charge in [-0.1, -0.05) is 30.4 Å². The number of rotatable bonds is 5. The van der Waals surface area contributed by atoms with Crippen molar-refractivity contribution in [3.63, 3.8) is 0 Å². The van der Waals surface area contributed by atoms with E-state index in [1.807, 2.05) is 38.1 Å². The third-order valence-corrected chi connectivity index (χ3v) is 5.41. The smallest absolute Gasteiger partial charge is 0.342 e. The first-order chi connectivity index (χ1) is 15.2. The summed E-state index contributed by atoms with van der Waals surface area (Å²) in [5.41, 5.74) is 2.18. The Balaban J connectivity index is 1.80. The minimum atomic E-state index is -0.660. The van der Waals surface area contributed by atoms with Gasteiger partial charge in [0.25, 0.3) is 11.8 Å². The molecule has 1 saturated heterocycles. The highest BCUT2D eigenvalue weighted by atomic mass is 16.5. The largest absolute Gasteiger partial charge is 0.458 e. The highest BCUT2D eigenvalue weighted by molar-refractivity contribution is 6.04. The summed E-state index contributed by atoms with van der Waals surface area (Å²) in [4.78, 5) is 50.7. The number of carbonyl (C=O) groups excluding carboxylic acids is 3. The average molecular weight is 437 g/mol. The molecule has 0 bridgehead atoms. The molecule has 0 radical (unpaired) electrons. The van der Waals surface area contributed by atoms with Crippen molar-refractivity contribution < 1.29 is 19.1 Å². The second-order valence-electron chi connectivity index (χ2n) is 7.93. The highest BCUT2D eigenvalue weighted by Crippen LogP contribution is 2.19. The maximum atomic E-state index is 13.3. The Morgan fingerprint density at radius 1 is 1.09 bits per heavy atom. The number of aromatic nitrogens is 2. The van der Waals surface area contributed by atoms with Gasteiger partial charge in [0.1, 0.15) is 23.7 Å². The molecule has 0 aliphatic carbocycles. The minimum Gasteiger partial charge on any atom is -0.458 e. The molecular formula is C24H28N4O4. The van der Waals surface area contributed by atoms with Crippen molar-refractivity contribution >= 4 is 17.8 Å². The Morgan fingerprint density at radius 3 is 2.41 bits per heavy atom. The zero-order valence-electron chi connectivity index (χ0n) is 18.9. The zero-order valence-corrected chi connectivity index (χ0v) is 18.9. The van der Waals surface area contributed by atoms with Crippen LogP contribution in [0.4, 0.5) is 0 Å². The van der Waals surface area contributed by atoms with E-state index in [0.717, 1.165) is 5.56 Å². The predicted octanol–water partition coefficient (Wildman–Crippen LogP) is 2.73. The van der Waals surface area contributed by atoms with E-state index < -0.39 is 5.97 Å². The number of esters is 1. The molecule has 1 aromatic heterocycles. The molecule has 1 aliphatic heterocycles. The van der Waals surface area contributed by atoms with Crippen molar-refractivity contribution in [2.75, 3.05) is 26.2 Å². The molecule has 1 aliphatic rings. The lowest BCUT2D eigenvalue weighted by Crippen LogP contribution is -2.55. The van der Waals surface area contributed by atoms with Crippen LogP contribution in [0, 0.1) is 20.8 Å². The van der Waals surface area contributed by atoms with Crippen LogP contribution in [0.2, 0.25) is 0 Å². The second-order valence-corrected chi connectivity index (χ2v) is 7.93. The van der Waals surface area contributed by atoms with E-state index in [1.54, 1.807) is 23.6 Å². The van der Waals surface area contributed by atoms with Crippen LogP contribution in [-0.4, -0.2) is 69.8 Å². The molecule has 1 fully saturated rings. The number of hydrogen-bond donors (Lipinski definition) is 0. The standard InChI is InChI=1S/C24H28N4O4/c1-6-13-32-24(31)20-17(4)25-18(5)26-21(20)23(30)27-11-12-28(16(3)14-27)22(29)19-9-7-15(2)8-10-19/h6-10,16H,1,11-14H2,2-5H3. The van der Waals surface area contributed by atoms with Crippen LogP contribution < -0.4 is 0 Å². The molecular weight excluding hydrogens is 408 g/mol. The van der Waals surface area contributed by atoms with E-state index in [1.165, 1.54) is 6.08 Å². The molecule has 0 spiro atoms. The fourth-order valence-electron chi connectivity index (χ4n) is 3.77. The number of nitrogens with zero attached hydrogens (tertiary/aromatic N) is 4. The van der Waals surface area contributed by atoms with Crippen LogP contribution in [0.1, 0.15) is 55.2 Å². The Hall–Kier alpha value is -3.55. The van der Waals surface area contributed by atoms with Crippen LogP contribution >= 0.6 is 0 Å². The van der Waals surface area contributed by atoms with Gasteiger partial charge in [0.15, 0.2) is 0 Å². The highest BCUT2D eigenvalue weighted by Gasteiger charge is 2.33. The average Bonchev–Trinajstić information content (AvgIpc) is 2.76. The summed E-state index contributed by atoms with van der Waals surface area (Å²) in [7, 11) is 0. The predicted molar refractivity (Wildman–Crippen MR) is 120 cm³/mol. The number of hydrogen-bond acceptors (Lipinski definition) is 6. The van der Waals surface area contributed by atoms with Gasteiger partial charge >= 0.3 is 5.97 Å². The van der Waals surface area contributed by atoms with Crippen molar-refractivity contribution in [1.29, 1.82) is 0 Å². The molecule has 2 aromatic rings. The van der Waals surface area contributed by atoms with Gasteiger partial charge in [0.2, 0.25) is 0 Å². The molecule has 1 unspecified atom stereocenters. The van der Waals surface area contributed by atoms with Crippen molar-refractivity contribution in [3.8, 4) is 0 Å². The van der Waals surface area contributed by atoms with Crippen LogP contribution in [-0.2, 0) is 4.74 Å². The maximum Gasteiger partial charge on any atom is 0.342 e. The summed E-state index contributed by atoms with van der Waals surface area (Å²) in [5.74, 6) is -0.704. The van der Waals surface area contributed by atoms with E-state index in [9.17, 15) is 14.4 Å². The summed E-state index contributed by atoms with van der Waals surface area (Å²) >= 11 is 0. The number of benzene rings is 1. The van der Waals surface area contributed by atoms with Crippen molar-refractivity contribution in [3.05, 3.63) is 70.8 Å². The van der Waals surface area contributed by atoms with E-state index in [2.05, 4.69) is 16.5 Å². The Labute approximate surface area is 187 Å². The Kier molecular flexibility index (Phi) is 7.02. The molecule has 1 atom stereocenters. The van der Waals surface area contributed by atoms with Crippen molar-refractivity contribution in [2.24, 2.45) is 0 Å². The molecule has 0 saturated carbocycles. The van der Waals surface area contributed by atoms with Gasteiger partial charge in [-0.15, -0.1) is 0 Å². The molecule has 2 heterocycles. The van der Waals surface area contributed by atoms with Crippen LogP contribution in [0.3, 0.4) is 0 Å². The molecule has 8 heteroatoms. The Morgan fingerprint density at radius 2 is 1.78 bits per heavy atom. The zero-order chi connectivity index (χ0) is 23.4. The first-order valence-electron chi connectivity index (χ1n) is 10.5. The van der Waals surface area contributed by atoms with Gasteiger partial charge < -0.3 is 14.5 Å². The molecule has 32 heavy (non-hydrogen) atoms. The lowest BCUT2D eigenvalue weighted by atomic mass is 10.1. The number of ether oxygens (including phenoxy) is 1. The first kappa shape index (κ1) is 23.1. The van der Waals surface area contributed by atoms with E-state index in [4.69, 9.17) is 4.74 Å².